The molecule has 0 unspecified atom stereocenters. The fourth-order valence-corrected chi connectivity index (χ4v) is 4.89. The molecule has 0 saturated heterocycles. The SMILES string of the molecule is CCO[Si](OCC)(OCC)c1cccc(C(O)(C(F)(F)F)C(F)(F)F)c1. The van der Waals surface area contributed by atoms with Crippen molar-refractivity contribution in [3.05, 3.63) is 29.8 Å². The van der Waals surface area contributed by atoms with Crippen LogP contribution < -0.4 is 5.19 Å². The van der Waals surface area contributed by atoms with E-state index in [4.69, 9.17) is 13.3 Å². The second-order valence-corrected chi connectivity index (χ2v) is 7.70. The fourth-order valence-electron chi connectivity index (χ4n) is 2.37. The zero-order chi connectivity index (χ0) is 20.2. The molecule has 1 aromatic rings. The smallest absolute Gasteiger partial charge is 0.370 e. The maximum Gasteiger partial charge on any atom is 0.537 e. The lowest BCUT2D eigenvalue weighted by molar-refractivity contribution is -0.376. The summed E-state index contributed by atoms with van der Waals surface area (Å²) in [4.78, 5) is 0. The number of halogens is 6. The number of hydrogen-bond donors (Lipinski definition) is 1. The molecule has 0 atom stereocenters. The van der Waals surface area contributed by atoms with Gasteiger partial charge in [0.15, 0.2) is 0 Å². The normalized spacial score (nSPS) is 13.9. The summed E-state index contributed by atoms with van der Waals surface area (Å²) in [5, 5.41) is 9.47. The van der Waals surface area contributed by atoms with Crippen molar-refractivity contribution >= 4 is 14.0 Å². The minimum atomic E-state index is -5.98. The van der Waals surface area contributed by atoms with Gasteiger partial charge in [0, 0.05) is 30.6 Å². The Bertz CT molecular complexity index is 559. The molecule has 0 bridgehead atoms. The summed E-state index contributed by atoms with van der Waals surface area (Å²) in [6.07, 6.45) is -12.0. The first-order valence-corrected chi connectivity index (χ1v) is 9.50. The molecule has 1 aromatic carbocycles. The molecule has 0 amide bonds. The highest BCUT2D eigenvalue weighted by atomic mass is 28.4. The van der Waals surface area contributed by atoms with Crippen LogP contribution in [0.2, 0.25) is 0 Å². The van der Waals surface area contributed by atoms with E-state index in [2.05, 4.69) is 0 Å². The molecule has 26 heavy (non-hydrogen) atoms. The molecule has 0 aliphatic carbocycles. The first-order chi connectivity index (χ1) is 11.9. The zero-order valence-electron chi connectivity index (χ0n) is 14.4. The van der Waals surface area contributed by atoms with Crippen LogP contribution in [0.5, 0.6) is 0 Å². The summed E-state index contributed by atoms with van der Waals surface area (Å²) in [5.74, 6) is 0. The van der Waals surface area contributed by atoms with Crippen molar-refractivity contribution in [1.82, 2.24) is 0 Å². The quantitative estimate of drug-likeness (QED) is 0.532. The van der Waals surface area contributed by atoms with Crippen LogP contribution in [0.3, 0.4) is 0 Å². The monoisotopic (exact) mass is 406 g/mol. The van der Waals surface area contributed by atoms with Crippen molar-refractivity contribution in [2.75, 3.05) is 19.8 Å². The van der Waals surface area contributed by atoms with Gasteiger partial charge in [0.05, 0.1) is 0 Å². The van der Waals surface area contributed by atoms with E-state index in [1.165, 1.54) is 6.07 Å². The highest BCUT2D eigenvalue weighted by molar-refractivity contribution is 6.75. The molecule has 0 heterocycles. The minimum absolute atomic E-state index is 0.0687. The van der Waals surface area contributed by atoms with Gasteiger partial charge in [-0.25, -0.2) is 0 Å². The van der Waals surface area contributed by atoms with Gasteiger partial charge >= 0.3 is 21.2 Å². The average Bonchev–Trinajstić information content (AvgIpc) is 2.52. The Morgan fingerprint density at radius 2 is 1.27 bits per heavy atom. The molecule has 4 nitrogen and oxygen atoms in total. The maximum absolute atomic E-state index is 13.1. The molecule has 0 aliphatic heterocycles. The maximum atomic E-state index is 13.1. The summed E-state index contributed by atoms with van der Waals surface area (Å²) >= 11 is 0. The van der Waals surface area contributed by atoms with Crippen LogP contribution in [-0.4, -0.2) is 46.1 Å². The van der Waals surface area contributed by atoms with Crippen LogP contribution in [-0.2, 0) is 18.9 Å². The standard InChI is InChI=1S/C15H20F6O4Si/c1-4-23-26(24-5-2,25-6-3)12-9-7-8-11(10-12)13(22,14(16,17)18)15(19,20)21/h7-10,22H,4-6H2,1-3H3. The van der Waals surface area contributed by atoms with Crippen LogP contribution in [0.1, 0.15) is 26.3 Å². The third-order valence-corrected chi connectivity index (χ3v) is 6.48. The van der Waals surface area contributed by atoms with Crippen molar-refractivity contribution in [2.45, 2.75) is 38.7 Å². The number of benzene rings is 1. The number of hydrogen-bond acceptors (Lipinski definition) is 4. The van der Waals surface area contributed by atoms with Crippen LogP contribution in [0, 0.1) is 0 Å². The van der Waals surface area contributed by atoms with Crippen LogP contribution in [0.4, 0.5) is 26.3 Å². The van der Waals surface area contributed by atoms with Crippen LogP contribution >= 0.6 is 0 Å². The molecule has 0 radical (unpaired) electrons. The van der Waals surface area contributed by atoms with Crippen molar-refractivity contribution in [2.24, 2.45) is 0 Å². The number of aliphatic hydroxyl groups is 1. The van der Waals surface area contributed by atoms with E-state index in [0.29, 0.717) is 12.1 Å². The lowest BCUT2D eigenvalue weighted by Gasteiger charge is -2.34. The number of rotatable bonds is 8. The molecular weight excluding hydrogens is 386 g/mol. The third kappa shape index (κ3) is 4.22. The second kappa shape index (κ2) is 8.25. The predicted octanol–water partition coefficient (Wildman–Crippen LogP) is 3.25. The molecular formula is C15H20F6O4Si. The average molecular weight is 406 g/mol. The largest absolute Gasteiger partial charge is 0.537 e. The molecule has 0 spiro atoms. The molecule has 150 valence electrons. The van der Waals surface area contributed by atoms with E-state index in [0.717, 1.165) is 6.07 Å². The van der Waals surface area contributed by atoms with Gasteiger partial charge in [-0.3, -0.25) is 0 Å². The van der Waals surface area contributed by atoms with Gasteiger partial charge in [0.2, 0.25) is 0 Å². The fraction of sp³-hybridized carbons (Fsp3) is 0.600. The minimum Gasteiger partial charge on any atom is -0.370 e. The Morgan fingerprint density at radius 3 is 1.62 bits per heavy atom. The molecule has 1 N–H and O–H groups in total. The van der Waals surface area contributed by atoms with E-state index in [1.54, 1.807) is 20.8 Å². The van der Waals surface area contributed by atoms with E-state index in [9.17, 15) is 31.4 Å². The Balaban J connectivity index is 3.61. The van der Waals surface area contributed by atoms with Gasteiger partial charge in [-0.2, -0.15) is 26.3 Å². The van der Waals surface area contributed by atoms with Crippen LogP contribution in [0.15, 0.2) is 24.3 Å². The van der Waals surface area contributed by atoms with Gasteiger partial charge in [-0.15, -0.1) is 0 Å². The van der Waals surface area contributed by atoms with Crippen molar-refractivity contribution in [3.8, 4) is 0 Å². The van der Waals surface area contributed by atoms with Crippen molar-refractivity contribution in [1.29, 1.82) is 0 Å². The molecule has 1 rings (SSSR count). The highest BCUT2D eigenvalue weighted by Crippen LogP contribution is 2.49. The Labute approximate surface area is 148 Å². The molecule has 0 fully saturated rings. The van der Waals surface area contributed by atoms with Gasteiger partial charge in [-0.1, -0.05) is 18.2 Å². The third-order valence-electron chi connectivity index (χ3n) is 3.46. The summed E-state index contributed by atoms with van der Waals surface area (Å²) in [5.41, 5.74) is -6.41. The number of alkyl halides is 6. The van der Waals surface area contributed by atoms with Gasteiger partial charge < -0.3 is 18.4 Å². The van der Waals surface area contributed by atoms with E-state index < -0.39 is 32.3 Å². The highest BCUT2D eigenvalue weighted by Gasteiger charge is 2.71. The van der Waals surface area contributed by atoms with E-state index in [1.807, 2.05) is 0 Å². The Hall–Kier alpha value is -1.14. The van der Waals surface area contributed by atoms with Crippen molar-refractivity contribution in [3.63, 3.8) is 0 Å². The topological polar surface area (TPSA) is 47.9 Å². The molecule has 0 saturated carbocycles. The van der Waals surface area contributed by atoms with Crippen LogP contribution in [0.25, 0.3) is 0 Å². The Kier molecular flexibility index (Phi) is 7.27. The predicted molar refractivity (Wildman–Crippen MR) is 82.7 cm³/mol. The van der Waals surface area contributed by atoms with E-state index in [-0.39, 0.29) is 25.0 Å². The first kappa shape index (κ1) is 22.9. The van der Waals surface area contributed by atoms with Gasteiger partial charge in [-0.05, 0) is 26.8 Å². The summed E-state index contributed by atoms with van der Waals surface area (Å²) in [6.45, 7) is 4.97. The first-order valence-electron chi connectivity index (χ1n) is 7.78. The lowest BCUT2D eigenvalue weighted by Crippen LogP contribution is -2.58. The van der Waals surface area contributed by atoms with Gasteiger partial charge in [0.1, 0.15) is 0 Å². The Morgan fingerprint density at radius 1 is 0.846 bits per heavy atom. The molecule has 0 aliphatic rings. The second-order valence-electron chi connectivity index (χ2n) is 5.14. The summed E-state index contributed by atoms with van der Waals surface area (Å²) in [6, 6.07) is 3.34. The zero-order valence-corrected chi connectivity index (χ0v) is 15.4. The van der Waals surface area contributed by atoms with E-state index >= 15 is 0 Å². The van der Waals surface area contributed by atoms with Crippen molar-refractivity contribution < 1.29 is 44.7 Å². The lowest BCUT2D eigenvalue weighted by atomic mass is 9.92. The summed E-state index contributed by atoms with van der Waals surface area (Å²) < 4.78 is 95.1. The molecule has 11 heteroatoms. The summed E-state index contributed by atoms with van der Waals surface area (Å²) in [7, 11) is -3.75. The van der Waals surface area contributed by atoms with Gasteiger partial charge in [0.25, 0.3) is 5.60 Å². The molecule has 0 aromatic heterocycles.